The Morgan fingerprint density at radius 3 is 2.20 bits per heavy atom. The van der Waals surface area contributed by atoms with E-state index >= 15 is 0 Å². The second-order valence-electron chi connectivity index (χ2n) is 7.96. The number of aliphatic hydroxyl groups is 1. The van der Waals surface area contributed by atoms with Gasteiger partial charge in [-0.2, -0.15) is 0 Å². The van der Waals surface area contributed by atoms with Crippen LogP contribution in [-0.2, 0) is 13.1 Å². The van der Waals surface area contributed by atoms with E-state index in [4.69, 9.17) is 0 Å². The maximum atomic E-state index is 13.2. The molecule has 1 aliphatic heterocycles. The molecule has 2 heterocycles. The van der Waals surface area contributed by atoms with Crippen LogP contribution in [0.3, 0.4) is 0 Å². The Bertz CT molecular complexity index is 1310. The fourth-order valence-electron chi connectivity index (χ4n) is 3.76. The van der Waals surface area contributed by atoms with Crippen molar-refractivity contribution in [3.8, 4) is 5.75 Å². The van der Waals surface area contributed by atoms with Gasteiger partial charge in [-0.1, -0.05) is 24.3 Å². The molecule has 9 nitrogen and oxygen atoms in total. The minimum atomic E-state index is -1.03. The molecule has 35 heavy (non-hydrogen) atoms. The minimum absolute atomic E-state index is 0.00373. The molecule has 4 rings (SSSR count). The summed E-state index contributed by atoms with van der Waals surface area (Å²) in [5, 5.41) is 23.8. The summed E-state index contributed by atoms with van der Waals surface area (Å²) in [7, 11) is 0. The van der Waals surface area contributed by atoms with Crippen molar-refractivity contribution in [2.24, 2.45) is 0 Å². The highest BCUT2D eigenvalue weighted by molar-refractivity contribution is 5.98. The molecule has 2 amide bonds. The van der Waals surface area contributed by atoms with Crippen molar-refractivity contribution in [2.75, 3.05) is 6.61 Å². The second-order valence-corrected chi connectivity index (χ2v) is 7.96. The molecule has 0 bridgehead atoms. The van der Waals surface area contributed by atoms with Gasteiger partial charge in [0.25, 0.3) is 11.8 Å². The molecule has 0 spiro atoms. The molecular formula is C24H22F2N4O5. The Morgan fingerprint density at radius 1 is 1.00 bits per heavy atom. The SMILES string of the molecule is O=C(NCc1ccc(F)cc1)c1cn2c(c(O)c1=O)C(=O)N(Cc1ccc(F)cc1)NC2CCO. The molecule has 2 aromatic carbocycles. The topological polar surface area (TPSA) is 124 Å². The Morgan fingerprint density at radius 2 is 1.60 bits per heavy atom. The van der Waals surface area contributed by atoms with Gasteiger partial charge < -0.3 is 20.1 Å². The zero-order chi connectivity index (χ0) is 25.1. The highest BCUT2D eigenvalue weighted by Crippen LogP contribution is 2.26. The quantitative estimate of drug-likeness (QED) is 0.406. The summed E-state index contributed by atoms with van der Waals surface area (Å²) >= 11 is 0. The molecule has 1 unspecified atom stereocenters. The molecule has 182 valence electrons. The van der Waals surface area contributed by atoms with Crippen LogP contribution in [0.1, 0.15) is 44.6 Å². The van der Waals surface area contributed by atoms with Crippen LogP contribution < -0.4 is 16.2 Å². The fourth-order valence-corrected chi connectivity index (χ4v) is 3.76. The fraction of sp³-hybridized carbons (Fsp3) is 0.208. The van der Waals surface area contributed by atoms with Crippen LogP contribution in [0.15, 0.2) is 59.5 Å². The number of nitrogens with one attached hydrogen (secondary N) is 2. The molecule has 11 heteroatoms. The number of benzene rings is 2. The van der Waals surface area contributed by atoms with E-state index < -0.39 is 46.4 Å². The highest BCUT2D eigenvalue weighted by Gasteiger charge is 2.35. The lowest BCUT2D eigenvalue weighted by atomic mass is 10.1. The van der Waals surface area contributed by atoms with Crippen LogP contribution in [-0.4, -0.2) is 38.2 Å². The predicted molar refractivity (Wildman–Crippen MR) is 120 cm³/mol. The first-order valence-electron chi connectivity index (χ1n) is 10.7. The molecule has 0 radical (unpaired) electrons. The van der Waals surface area contributed by atoms with Gasteiger partial charge in [0, 0.05) is 25.8 Å². The first kappa shape index (κ1) is 24.0. The Hall–Kier alpha value is -4.09. The minimum Gasteiger partial charge on any atom is -0.503 e. The second kappa shape index (κ2) is 10.0. The van der Waals surface area contributed by atoms with Crippen LogP contribution in [0, 0.1) is 11.6 Å². The normalized spacial score (nSPS) is 15.1. The number of amides is 2. The summed E-state index contributed by atoms with van der Waals surface area (Å²) in [6, 6.07) is 10.9. The molecule has 1 atom stereocenters. The molecule has 3 aromatic rings. The first-order chi connectivity index (χ1) is 16.8. The van der Waals surface area contributed by atoms with Gasteiger partial charge in [0.15, 0.2) is 11.4 Å². The molecule has 0 aliphatic carbocycles. The Kier molecular flexibility index (Phi) is 6.90. The predicted octanol–water partition coefficient (Wildman–Crippen LogP) is 1.80. The maximum absolute atomic E-state index is 13.2. The van der Waals surface area contributed by atoms with Gasteiger partial charge in [-0.25, -0.2) is 14.2 Å². The van der Waals surface area contributed by atoms with Gasteiger partial charge in [-0.05, 0) is 35.4 Å². The molecule has 1 aromatic heterocycles. The Balaban J connectivity index is 1.63. The summed E-state index contributed by atoms with van der Waals surface area (Å²) in [5.74, 6) is -3.31. The molecular weight excluding hydrogens is 462 g/mol. The zero-order valence-corrected chi connectivity index (χ0v) is 18.4. The van der Waals surface area contributed by atoms with Crippen LogP contribution in [0.25, 0.3) is 0 Å². The number of aromatic hydroxyl groups is 1. The number of rotatable bonds is 7. The van der Waals surface area contributed by atoms with Crippen LogP contribution in [0.5, 0.6) is 5.75 Å². The van der Waals surface area contributed by atoms with Gasteiger partial charge in [-0.3, -0.25) is 19.4 Å². The number of hydrogen-bond donors (Lipinski definition) is 4. The Labute approximate surface area is 198 Å². The molecule has 0 saturated carbocycles. The molecule has 0 saturated heterocycles. The zero-order valence-electron chi connectivity index (χ0n) is 18.4. The van der Waals surface area contributed by atoms with Gasteiger partial charge in [0.2, 0.25) is 5.43 Å². The molecule has 0 fully saturated rings. The van der Waals surface area contributed by atoms with Crippen molar-refractivity contribution >= 4 is 11.8 Å². The van der Waals surface area contributed by atoms with Gasteiger partial charge in [0.05, 0.1) is 6.54 Å². The molecule has 4 N–H and O–H groups in total. The number of fused-ring (bicyclic) bond motifs is 1. The number of carbonyl (C=O) groups excluding carboxylic acids is 2. The van der Waals surface area contributed by atoms with E-state index in [9.17, 15) is 33.4 Å². The van der Waals surface area contributed by atoms with Gasteiger partial charge >= 0.3 is 0 Å². The van der Waals surface area contributed by atoms with Crippen molar-refractivity contribution in [3.05, 3.63) is 99.0 Å². The number of halogens is 2. The van der Waals surface area contributed by atoms with Crippen molar-refractivity contribution in [1.29, 1.82) is 0 Å². The first-order valence-corrected chi connectivity index (χ1v) is 10.7. The average molecular weight is 484 g/mol. The van der Waals surface area contributed by atoms with Crippen LogP contribution >= 0.6 is 0 Å². The highest BCUT2D eigenvalue weighted by atomic mass is 19.1. The lowest BCUT2D eigenvalue weighted by Crippen LogP contribution is -2.52. The van der Waals surface area contributed by atoms with Gasteiger partial charge in [0.1, 0.15) is 23.4 Å². The van der Waals surface area contributed by atoms with E-state index in [1.54, 1.807) is 0 Å². The molecule has 1 aliphatic rings. The lowest BCUT2D eigenvalue weighted by molar-refractivity contribution is 0.0394. The number of aliphatic hydroxyl groups excluding tert-OH is 1. The van der Waals surface area contributed by atoms with E-state index in [2.05, 4.69) is 10.7 Å². The largest absolute Gasteiger partial charge is 0.503 e. The third-order valence-electron chi connectivity index (χ3n) is 5.57. The van der Waals surface area contributed by atoms with Crippen molar-refractivity contribution < 1.29 is 28.6 Å². The van der Waals surface area contributed by atoms with E-state index in [0.29, 0.717) is 11.1 Å². The van der Waals surface area contributed by atoms with Crippen molar-refractivity contribution in [2.45, 2.75) is 25.7 Å². The van der Waals surface area contributed by atoms with E-state index in [1.165, 1.54) is 53.1 Å². The number of hydrogen-bond acceptors (Lipinski definition) is 6. The van der Waals surface area contributed by atoms with Crippen LogP contribution in [0.4, 0.5) is 8.78 Å². The summed E-state index contributed by atoms with van der Waals surface area (Å²) in [6.07, 6.45) is 0.458. The number of nitrogens with zero attached hydrogens (tertiary/aromatic N) is 2. The van der Waals surface area contributed by atoms with E-state index in [0.717, 1.165) is 11.2 Å². The average Bonchev–Trinajstić information content (AvgIpc) is 2.84. The summed E-state index contributed by atoms with van der Waals surface area (Å²) < 4.78 is 27.5. The summed E-state index contributed by atoms with van der Waals surface area (Å²) in [5.41, 5.74) is 2.31. The summed E-state index contributed by atoms with van der Waals surface area (Å²) in [4.78, 5) is 38.6. The number of hydrazine groups is 1. The van der Waals surface area contributed by atoms with E-state index in [-0.39, 0.29) is 31.8 Å². The maximum Gasteiger partial charge on any atom is 0.289 e. The standard InChI is InChI=1S/C24H22F2N4O5/c25-16-5-1-14(2-6-16)11-27-23(34)18-13-29-19(9-10-31)28-30(12-15-3-7-17(26)8-4-15)24(35)20(29)22(33)21(18)32/h1-8,13,19,28,31,33H,9-12H2,(H,27,34). The lowest BCUT2D eigenvalue weighted by Gasteiger charge is -2.37. The number of pyridine rings is 1. The van der Waals surface area contributed by atoms with Gasteiger partial charge in [-0.15, -0.1) is 0 Å². The smallest absolute Gasteiger partial charge is 0.289 e. The number of carbonyl (C=O) groups is 2. The van der Waals surface area contributed by atoms with Crippen molar-refractivity contribution in [3.63, 3.8) is 0 Å². The van der Waals surface area contributed by atoms with Crippen molar-refractivity contribution in [1.82, 2.24) is 20.3 Å². The van der Waals surface area contributed by atoms with E-state index in [1.807, 2.05) is 0 Å². The number of aromatic nitrogens is 1. The summed E-state index contributed by atoms with van der Waals surface area (Å²) in [6.45, 7) is -0.299. The van der Waals surface area contributed by atoms with Crippen LogP contribution in [0.2, 0.25) is 0 Å². The third kappa shape index (κ3) is 5.05. The monoisotopic (exact) mass is 484 g/mol. The third-order valence-corrected chi connectivity index (χ3v) is 5.57.